The van der Waals surface area contributed by atoms with Gasteiger partial charge in [0.1, 0.15) is 40.8 Å². The Balaban J connectivity index is 1.00. The number of carboxylic acids is 2. The van der Waals surface area contributed by atoms with Crippen LogP contribution in [0.5, 0.6) is 11.5 Å². The van der Waals surface area contributed by atoms with Gasteiger partial charge in [0.2, 0.25) is 11.5 Å². The van der Waals surface area contributed by atoms with Crippen molar-refractivity contribution in [1.29, 1.82) is 0 Å². The second-order valence-electron chi connectivity index (χ2n) is 15.0. The highest BCUT2D eigenvalue weighted by molar-refractivity contribution is 8.00. The number of hydrogen-bond acceptors (Lipinski definition) is 17. The summed E-state index contributed by atoms with van der Waals surface area (Å²) >= 11 is 8.78. The largest absolute Gasteiger partial charge is 0.504 e. The molecule has 63 heavy (non-hydrogen) atoms. The van der Waals surface area contributed by atoms with E-state index in [1.54, 1.807) is 9.47 Å². The molecule has 2 amide bonds. The summed E-state index contributed by atoms with van der Waals surface area (Å²) < 4.78 is 22.9. The topological polar surface area (TPSA) is 303 Å². The van der Waals surface area contributed by atoms with E-state index in [4.69, 9.17) is 32.6 Å². The third-order valence-corrected chi connectivity index (χ3v) is 13.3. The number of aromatic nitrogens is 2. The highest BCUT2D eigenvalue weighted by Crippen LogP contribution is 2.44. The van der Waals surface area contributed by atoms with E-state index in [0.29, 0.717) is 32.5 Å². The van der Waals surface area contributed by atoms with Gasteiger partial charge in [-0.05, 0) is 49.9 Å². The number of aliphatic carboxylic acids is 2. The molecule has 20 nitrogen and oxygen atoms in total. The minimum Gasteiger partial charge on any atom is -0.504 e. The van der Waals surface area contributed by atoms with Crippen LogP contribution >= 0.6 is 34.7 Å². The number of thiazole rings is 1. The molecule has 3 aliphatic heterocycles. The van der Waals surface area contributed by atoms with Gasteiger partial charge in [0.15, 0.2) is 22.3 Å². The van der Waals surface area contributed by atoms with Gasteiger partial charge in [-0.2, -0.15) is 0 Å². The van der Waals surface area contributed by atoms with Gasteiger partial charge >= 0.3 is 17.9 Å². The second-order valence-corrected chi connectivity index (χ2v) is 17.4. The number of phenolic OH excluding ortho intramolecular Hbond substituents is 2. The standard InChI is InChI=1S/C39H36ClFN8O12S2/c40-25-29-19(8-21(41)30(25)47-6-5-15(9-42)10-47)31(52)20(11-48(29)18-2-3-18)38(59)60-12-17-13-62-35-27(34(54)49(35)28(17)36(55)56)45-33(53)26(22-14-63-39(43)44-22)46-61-32(37(57)58)16-1-4-23(50)24(51)7-16/h1,4,7-8,11,14-15,18,27,32,35,50-51H,2-3,5-6,9-10,12-13,42H2,(H2,43,44)(H,45,53)(H,55,56)(H,57,58)/t15?,27-,32+,35-/m1/s1. The predicted octanol–water partition coefficient (Wildman–Crippen LogP) is 2.51. The van der Waals surface area contributed by atoms with Crippen LogP contribution in [0.4, 0.5) is 15.2 Å². The van der Waals surface area contributed by atoms with Crippen molar-refractivity contribution in [2.24, 2.45) is 16.8 Å². The first-order valence-electron chi connectivity index (χ1n) is 19.2. The molecule has 0 bridgehead atoms. The highest BCUT2D eigenvalue weighted by Gasteiger charge is 2.54. The van der Waals surface area contributed by atoms with Crippen LogP contribution in [0.1, 0.15) is 53.0 Å². The molecule has 1 aliphatic carbocycles. The average molecular weight is 927 g/mol. The first-order valence-corrected chi connectivity index (χ1v) is 21.5. The number of halogens is 2. The predicted molar refractivity (Wildman–Crippen MR) is 225 cm³/mol. The van der Waals surface area contributed by atoms with Gasteiger partial charge in [-0.25, -0.2) is 23.8 Å². The van der Waals surface area contributed by atoms with E-state index >= 15 is 4.39 Å². The van der Waals surface area contributed by atoms with Crippen LogP contribution in [0.3, 0.4) is 0 Å². The number of benzene rings is 2. The number of carbonyl (C=O) groups is 5. The molecular weight excluding hydrogens is 891 g/mol. The van der Waals surface area contributed by atoms with Crippen molar-refractivity contribution in [3.8, 4) is 11.5 Å². The molecule has 24 heteroatoms. The summed E-state index contributed by atoms with van der Waals surface area (Å²) in [4.78, 5) is 91.2. The minimum absolute atomic E-state index is 0.00237. The Bertz CT molecular complexity index is 2740. The molecule has 2 aromatic carbocycles. The fraction of sp³-hybridized carbons (Fsp3) is 0.333. The van der Waals surface area contributed by atoms with Gasteiger partial charge in [-0.3, -0.25) is 19.3 Å². The molecule has 330 valence electrons. The van der Waals surface area contributed by atoms with E-state index in [1.165, 1.54) is 11.6 Å². The molecule has 4 aliphatic rings. The fourth-order valence-corrected chi connectivity index (χ4v) is 9.91. The number of aromatic hydroxyl groups is 2. The number of nitrogens with two attached hydrogens (primary N) is 2. The van der Waals surface area contributed by atoms with Crippen molar-refractivity contribution in [2.75, 3.05) is 42.6 Å². The van der Waals surface area contributed by atoms with Crippen LogP contribution in [-0.4, -0.2) is 114 Å². The number of hydrogen-bond donors (Lipinski definition) is 7. The van der Waals surface area contributed by atoms with Crippen molar-refractivity contribution < 1.29 is 58.4 Å². The van der Waals surface area contributed by atoms with Crippen LogP contribution in [0, 0.1) is 11.7 Å². The number of ether oxygens (including phenoxy) is 1. The van der Waals surface area contributed by atoms with Crippen molar-refractivity contribution in [3.63, 3.8) is 0 Å². The van der Waals surface area contributed by atoms with Crippen LogP contribution in [0.25, 0.3) is 10.9 Å². The Labute approximate surface area is 367 Å². The quantitative estimate of drug-likeness (QED) is 0.0314. The molecule has 4 aromatic rings. The molecule has 5 heterocycles. The summed E-state index contributed by atoms with van der Waals surface area (Å²) in [7, 11) is 0. The lowest BCUT2D eigenvalue weighted by atomic mass is 10.0. The lowest BCUT2D eigenvalue weighted by Crippen LogP contribution is -2.71. The number of nitrogen functional groups attached to an aromatic ring is 1. The van der Waals surface area contributed by atoms with Gasteiger partial charge in [0, 0.05) is 47.6 Å². The minimum atomic E-state index is -1.89. The van der Waals surface area contributed by atoms with Crippen LogP contribution in [0.2, 0.25) is 5.02 Å². The number of β-lactam (4-membered cyclic amide) rings is 1. The fourth-order valence-electron chi connectivity index (χ4n) is 7.63. The summed E-state index contributed by atoms with van der Waals surface area (Å²) in [6.45, 7) is 0.798. The Morgan fingerprint density at radius 1 is 1.11 bits per heavy atom. The summed E-state index contributed by atoms with van der Waals surface area (Å²) in [6, 6.07) is 2.69. The van der Waals surface area contributed by atoms with E-state index in [9.17, 15) is 49.2 Å². The van der Waals surface area contributed by atoms with Crippen LogP contribution in [0.15, 0.2) is 57.1 Å². The normalized spacial score (nSPS) is 20.3. The van der Waals surface area contributed by atoms with Gasteiger partial charge in [0.25, 0.3) is 11.8 Å². The smallest absolute Gasteiger partial charge is 0.352 e. The lowest BCUT2D eigenvalue weighted by molar-refractivity contribution is -0.151. The number of pyridine rings is 1. The number of amides is 2. The number of thioether (sulfide) groups is 1. The van der Waals surface area contributed by atoms with Crippen molar-refractivity contribution >= 4 is 91.9 Å². The Kier molecular flexibility index (Phi) is 11.7. The third kappa shape index (κ3) is 8.07. The SMILES string of the molecule is NCC1CCN(c2c(F)cc3c(=O)c(C(=O)OCC4=C(C(=O)O)N5C(=O)[C@@H](NC(=O)C(=NO[C@H](C(=O)O)c6ccc(O)c(O)c6)c6csc(N)n6)[C@H]5SC4)cn(C4CC4)c3c2Cl)C1. The summed E-state index contributed by atoms with van der Waals surface area (Å²) in [5.41, 5.74) is 9.35. The number of anilines is 2. The summed E-state index contributed by atoms with van der Waals surface area (Å²) in [5.74, 6) is -8.04. The number of phenols is 2. The average Bonchev–Trinajstić information content (AvgIpc) is 3.83. The number of nitrogens with zero attached hydrogens (tertiary/aromatic N) is 5. The van der Waals surface area contributed by atoms with Gasteiger partial charge < -0.3 is 56.3 Å². The molecule has 4 atom stereocenters. The van der Waals surface area contributed by atoms with Gasteiger partial charge in [-0.15, -0.1) is 23.1 Å². The van der Waals surface area contributed by atoms with E-state index in [1.807, 2.05) is 0 Å². The highest BCUT2D eigenvalue weighted by atomic mass is 35.5. The number of carbonyl (C=O) groups excluding carboxylic acids is 3. The monoisotopic (exact) mass is 926 g/mol. The Hall–Kier alpha value is -6.43. The van der Waals surface area contributed by atoms with E-state index in [-0.39, 0.29) is 61.3 Å². The lowest BCUT2D eigenvalue weighted by Gasteiger charge is -2.49. The maximum atomic E-state index is 15.7. The van der Waals surface area contributed by atoms with E-state index in [0.717, 1.165) is 58.7 Å². The first kappa shape index (κ1) is 43.2. The van der Waals surface area contributed by atoms with E-state index < -0.39 is 93.6 Å². The Morgan fingerprint density at radius 3 is 2.51 bits per heavy atom. The number of fused-ring (bicyclic) bond motifs is 2. The molecule has 0 spiro atoms. The molecule has 0 radical (unpaired) electrons. The molecule has 2 aromatic heterocycles. The van der Waals surface area contributed by atoms with Crippen LogP contribution < -0.4 is 27.1 Å². The molecule has 8 rings (SSSR count). The zero-order chi connectivity index (χ0) is 45.0. The molecule has 2 saturated heterocycles. The zero-order valence-corrected chi connectivity index (χ0v) is 34.9. The second kappa shape index (κ2) is 17.0. The van der Waals surface area contributed by atoms with Crippen molar-refractivity contribution in [2.45, 2.75) is 42.8 Å². The molecule has 1 unspecified atom stereocenters. The van der Waals surface area contributed by atoms with Crippen molar-refractivity contribution in [3.05, 3.63) is 85.0 Å². The first-order chi connectivity index (χ1) is 30.1. The number of esters is 1. The molecule has 9 N–H and O–H groups in total. The number of rotatable bonds is 14. The molecular formula is C39H36ClFN8O12S2. The summed E-state index contributed by atoms with van der Waals surface area (Å²) in [6.07, 6.45) is 1.61. The van der Waals surface area contributed by atoms with Crippen molar-refractivity contribution in [1.82, 2.24) is 19.8 Å². The summed E-state index contributed by atoms with van der Waals surface area (Å²) in [5, 5.41) is 46.0. The number of nitrogens with one attached hydrogen (secondary N) is 1. The van der Waals surface area contributed by atoms with E-state index in [2.05, 4.69) is 15.5 Å². The zero-order valence-electron chi connectivity index (χ0n) is 32.5. The third-order valence-electron chi connectivity index (χ3n) is 10.9. The molecule has 1 saturated carbocycles. The molecule has 3 fully saturated rings. The Morgan fingerprint density at radius 2 is 1.87 bits per heavy atom. The maximum Gasteiger partial charge on any atom is 0.352 e. The number of carboxylic acid groups (broad SMARTS) is 2. The number of oxime groups is 1. The van der Waals surface area contributed by atoms with Crippen LogP contribution in [-0.2, 0) is 28.8 Å². The van der Waals surface area contributed by atoms with Gasteiger partial charge in [0.05, 0.1) is 21.6 Å². The maximum absolute atomic E-state index is 15.7. The van der Waals surface area contributed by atoms with Gasteiger partial charge in [-0.1, -0.05) is 22.8 Å².